The van der Waals surface area contributed by atoms with E-state index in [-0.39, 0.29) is 31.0 Å². The van der Waals surface area contributed by atoms with Crippen molar-refractivity contribution < 1.29 is 31.0 Å². The van der Waals surface area contributed by atoms with E-state index >= 15 is 0 Å². The third-order valence-electron chi connectivity index (χ3n) is 0. The summed E-state index contributed by atoms with van der Waals surface area (Å²) in [5.74, 6) is 0. The maximum absolute atomic E-state index is 7.18. The van der Waals surface area contributed by atoms with Crippen molar-refractivity contribution in [1.29, 1.82) is 5.26 Å². The zero-order valence-corrected chi connectivity index (χ0v) is 5.29. The van der Waals surface area contributed by atoms with Gasteiger partial charge in [0, 0.05) is 0 Å². The first-order valence-electron chi connectivity index (χ1n) is 0.447. The maximum Gasteiger partial charge on any atom is 1.00 e. The van der Waals surface area contributed by atoms with Gasteiger partial charge < -0.3 is 1.43 Å². The Hall–Kier alpha value is 0.840. The molecule has 0 saturated heterocycles. The molecule has 0 unspecified atom stereocenters. The molecule has 0 aromatic carbocycles. The van der Waals surface area contributed by atoms with Gasteiger partial charge in [-0.15, -0.1) is 0 Å². The molecule has 18 valence electrons. The zero-order chi connectivity index (χ0) is 2.71. The van der Waals surface area contributed by atoms with Gasteiger partial charge in [-0.25, -0.2) is 0 Å². The average molecular weight is 83.1 g/mol. The molecule has 0 rings (SSSR count). The minimum Gasteiger partial charge on any atom is -1.00 e. The van der Waals surface area contributed by atoms with E-state index in [9.17, 15) is 0 Å². The Labute approximate surface area is 54.2 Å². The first kappa shape index (κ1) is 8.85. The Balaban J connectivity index is -0.0000000200. The summed E-state index contributed by atoms with van der Waals surface area (Å²) < 4.78 is 0. The molecule has 0 heterocycles. The van der Waals surface area contributed by atoms with Crippen LogP contribution in [0.2, 0.25) is 0 Å². The van der Waals surface area contributed by atoms with E-state index in [1.165, 1.54) is 5.40 Å². The molecule has 0 bridgehead atoms. The predicted octanol–water partition coefficient (Wildman–Crippen LogP) is -2.49. The minimum absolute atomic E-state index is 0. The Kier molecular flexibility index (Phi) is 20.2. The zero-order valence-electron chi connectivity index (χ0n) is 3.39. The number of thiol groups is 1. The molecular weight excluding hydrogens is 81.1 g/mol. The molecule has 0 aliphatic heterocycles. The van der Waals surface area contributed by atoms with Crippen LogP contribution in [0.5, 0.6) is 0 Å². The number of hydrogen-bond acceptors (Lipinski definition) is 2. The van der Waals surface area contributed by atoms with Crippen molar-refractivity contribution in [2.75, 3.05) is 0 Å². The summed E-state index contributed by atoms with van der Waals surface area (Å²) >= 11 is 3.09. The van der Waals surface area contributed by atoms with Crippen LogP contribution < -0.4 is 29.6 Å². The number of nitrogens with zero attached hydrogens (tertiary/aromatic N) is 1. The van der Waals surface area contributed by atoms with Gasteiger partial charge in [-0.1, -0.05) is 12.6 Å². The predicted molar refractivity (Wildman–Crippen MR) is 15.7 cm³/mol. The fraction of sp³-hybridized carbons (Fsp3) is 0. The largest absolute Gasteiger partial charge is 1.00 e. The van der Waals surface area contributed by atoms with E-state index in [1.54, 1.807) is 0 Å². The second kappa shape index (κ2) is 9.15. The van der Waals surface area contributed by atoms with Gasteiger partial charge in [0.15, 0.2) is 0 Å². The van der Waals surface area contributed by atoms with Gasteiger partial charge in [0.05, 0.1) is 0 Å². The SMILES string of the molecule is N#CS.[H-].[Na+]. The average Bonchev–Trinajstić information content (AvgIpc) is 0.918. The van der Waals surface area contributed by atoms with Crippen molar-refractivity contribution >= 4 is 12.6 Å². The van der Waals surface area contributed by atoms with Crippen LogP contribution in [0.1, 0.15) is 1.43 Å². The summed E-state index contributed by atoms with van der Waals surface area (Å²) in [6.07, 6.45) is 0. The van der Waals surface area contributed by atoms with Crippen LogP contribution >= 0.6 is 12.6 Å². The standard InChI is InChI=1S/CHNS.Na.H/c2-1-3;;/h3H;;/q;+1;-1. The van der Waals surface area contributed by atoms with Crippen LogP contribution in [0.3, 0.4) is 0 Å². The fourth-order valence-electron chi connectivity index (χ4n) is 0. The molecule has 0 fully saturated rings. The van der Waals surface area contributed by atoms with Crippen LogP contribution in [-0.2, 0) is 0 Å². The Morgan fingerprint density at radius 2 is 2.00 bits per heavy atom. The van der Waals surface area contributed by atoms with Crippen LogP contribution in [0.15, 0.2) is 0 Å². The summed E-state index contributed by atoms with van der Waals surface area (Å²) in [6.45, 7) is 0. The summed E-state index contributed by atoms with van der Waals surface area (Å²) in [5.41, 5.74) is 0. The van der Waals surface area contributed by atoms with Crippen molar-refractivity contribution in [2.24, 2.45) is 0 Å². The molecule has 4 heavy (non-hydrogen) atoms. The Bertz CT molecular complexity index is 33.1. The van der Waals surface area contributed by atoms with Gasteiger partial charge in [0.1, 0.15) is 5.40 Å². The van der Waals surface area contributed by atoms with Gasteiger partial charge in [-0.3, -0.25) is 0 Å². The summed E-state index contributed by atoms with van der Waals surface area (Å²) in [7, 11) is 0. The van der Waals surface area contributed by atoms with Gasteiger partial charge in [0.2, 0.25) is 0 Å². The summed E-state index contributed by atoms with van der Waals surface area (Å²) in [6, 6.07) is 0. The molecule has 0 aliphatic rings. The van der Waals surface area contributed by atoms with Crippen molar-refractivity contribution in [3.63, 3.8) is 0 Å². The van der Waals surface area contributed by atoms with Gasteiger partial charge >= 0.3 is 29.6 Å². The molecule has 0 amide bonds. The van der Waals surface area contributed by atoms with E-state index in [0.29, 0.717) is 0 Å². The number of rotatable bonds is 0. The second-order valence-electron chi connectivity index (χ2n) is 0.100. The first-order valence-corrected chi connectivity index (χ1v) is 0.894. The number of nitriles is 1. The minimum atomic E-state index is 0. The summed E-state index contributed by atoms with van der Waals surface area (Å²) in [4.78, 5) is 0. The van der Waals surface area contributed by atoms with Crippen molar-refractivity contribution in [3.8, 4) is 5.40 Å². The molecule has 0 atom stereocenters. The van der Waals surface area contributed by atoms with Crippen molar-refractivity contribution in [1.82, 2.24) is 0 Å². The Morgan fingerprint density at radius 1 is 2.00 bits per heavy atom. The van der Waals surface area contributed by atoms with Gasteiger partial charge in [0.25, 0.3) is 0 Å². The van der Waals surface area contributed by atoms with E-state index in [2.05, 4.69) is 12.6 Å². The fourth-order valence-corrected chi connectivity index (χ4v) is 0. The van der Waals surface area contributed by atoms with Crippen LogP contribution in [0, 0.1) is 10.7 Å². The Morgan fingerprint density at radius 3 is 2.00 bits per heavy atom. The van der Waals surface area contributed by atoms with E-state index in [4.69, 9.17) is 5.26 Å². The van der Waals surface area contributed by atoms with Crippen LogP contribution in [0.4, 0.5) is 0 Å². The normalized spacial score (nSPS) is 2.00. The molecule has 0 N–H and O–H groups in total. The molecule has 0 spiro atoms. The first-order chi connectivity index (χ1) is 1.41. The van der Waals surface area contributed by atoms with Gasteiger partial charge in [-0.2, -0.15) is 5.26 Å². The molecule has 0 aromatic heterocycles. The van der Waals surface area contributed by atoms with E-state index < -0.39 is 0 Å². The number of hydrogen-bond donors (Lipinski definition) is 1. The molecule has 1 nitrogen and oxygen atoms in total. The van der Waals surface area contributed by atoms with Crippen LogP contribution in [-0.4, -0.2) is 0 Å². The topological polar surface area (TPSA) is 23.8 Å². The molecular formula is CH2NNaS. The van der Waals surface area contributed by atoms with Crippen LogP contribution in [0.25, 0.3) is 0 Å². The monoisotopic (exact) mass is 83.0 g/mol. The molecule has 0 saturated carbocycles. The van der Waals surface area contributed by atoms with E-state index in [0.717, 1.165) is 0 Å². The summed E-state index contributed by atoms with van der Waals surface area (Å²) in [5, 5.41) is 8.63. The second-order valence-corrected chi connectivity index (χ2v) is 0.300. The van der Waals surface area contributed by atoms with Crippen molar-refractivity contribution in [2.45, 2.75) is 0 Å². The molecule has 0 aliphatic carbocycles. The number of thiocyanates is 1. The molecule has 0 aromatic rings. The van der Waals surface area contributed by atoms with Crippen molar-refractivity contribution in [3.05, 3.63) is 0 Å². The smallest absolute Gasteiger partial charge is 1.00 e. The van der Waals surface area contributed by atoms with E-state index in [1.807, 2.05) is 0 Å². The molecule has 0 radical (unpaired) electrons. The third kappa shape index (κ3) is 13.6. The maximum atomic E-state index is 7.18. The molecule has 3 heteroatoms. The quantitative estimate of drug-likeness (QED) is 0.195. The van der Waals surface area contributed by atoms with Gasteiger partial charge in [-0.05, 0) is 0 Å². The third-order valence-corrected chi connectivity index (χ3v) is 0.